The van der Waals surface area contributed by atoms with Crippen molar-refractivity contribution < 1.29 is 9.53 Å². The molecule has 0 atom stereocenters. The average molecular weight is 454 g/mol. The molecule has 0 spiro atoms. The van der Waals surface area contributed by atoms with Crippen LogP contribution >= 0.6 is 11.8 Å². The molecule has 1 aliphatic rings. The van der Waals surface area contributed by atoms with E-state index < -0.39 is 0 Å². The summed E-state index contributed by atoms with van der Waals surface area (Å²) >= 11 is 1.43. The predicted octanol–water partition coefficient (Wildman–Crippen LogP) is 5.90. The minimum Gasteiger partial charge on any atom is -0.438 e. The number of benzene rings is 3. The van der Waals surface area contributed by atoms with Crippen LogP contribution in [-0.4, -0.2) is 28.7 Å². The number of aromatic nitrogens is 2. The molecule has 0 N–H and O–H groups in total. The highest BCUT2D eigenvalue weighted by molar-refractivity contribution is 8.00. The van der Waals surface area contributed by atoms with Crippen LogP contribution in [0.2, 0.25) is 0 Å². The summed E-state index contributed by atoms with van der Waals surface area (Å²) in [4.78, 5) is 24.2. The predicted molar refractivity (Wildman–Crippen MR) is 132 cm³/mol. The molecule has 3 aromatic carbocycles. The molecule has 4 aromatic rings. The van der Waals surface area contributed by atoms with Gasteiger partial charge in [0.2, 0.25) is 11.8 Å². The van der Waals surface area contributed by atoms with Crippen molar-refractivity contribution in [3.8, 4) is 23.0 Å². The first-order chi connectivity index (χ1) is 16.1. The summed E-state index contributed by atoms with van der Waals surface area (Å²) in [5.74, 6) is 2.30. The maximum Gasteiger partial charge on any atom is 0.237 e. The van der Waals surface area contributed by atoms with Gasteiger partial charge in [-0.05, 0) is 30.2 Å². The highest BCUT2D eigenvalue weighted by Crippen LogP contribution is 2.41. The number of carbonyl (C=O) groups excluding carboxylic acids is 1. The third-order valence-electron chi connectivity index (χ3n) is 5.67. The molecule has 33 heavy (non-hydrogen) atoms. The van der Waals surface area contributed by atoms with Crippen molar-refractivity contribution in [3.05, 3.63) is 95.6 Å². The third-order valence-corrected chi connectivity index (χ3v) is 6.67. The van der Waals surface area contributed by atoms with Crippen LogP contribution < -0.4 is 9.64 Å². The second-order valence-corrected chi connectivity index (χ2v) is 8.89. The fourth-order valence-electron chi connectivity index (χ4n) is 3.82. The van der Waals surface area contributed by atoms with Crippen molar-refractivity contribution >= 4 is 23.4 Å². The van der Waals surface area contributed by atoms with Gasteiger partial charge in [0.05, 0.1) is 11.3 Å². The summed E-state index contributed by atoms with van der Waals surface area (Å²) in [5, 5.41) is 0.779. The molecule has 1 aromatic heterocycles. The van der Waals surface area contributed by atoms with Crippen molar-refractivity contribution in [2.45, 2.75) is 18.4 Å². The number of thioether (sulfide) groups is 1. The number of para-hydroxylation sites is 2. The molecule has 0 saturated carbocycles. The first-order valence-electron chi connectivity index (χ1n) is 10.8. The van der Waals surface area contributed by atoms with Crippen LogP contribution in [0.3, 0.4) is 0 Å². The van der Waals surface area contributed by atoms with E-state index in [1.165, 1.54) is 11.8 Å². The van der Waals surface area contributed by atoms with Crippen LogP contribution in [0.5, 0.6) is 11.6 Å². The Bertz CT molecular complexity index is 1310. The van der Waals surface area contributed by atoms with Gasteiger partial charge in [-0.1, -0.05) is 78.5 Å². The number of carbonyl (C=O) groups is 1. The monoisotopic (exact) mass is 453 g/mol. The Morgan fingerprint density at radius 1 is 0.970 bits per heavy atom. The second-order valence-electron chi connectivity index (χ2n) is 7.92. The Morgan fingerprint density at radius 2 is 1.70 bits per heavy atom. The van der Waals surface area contributed by atoms with Gasteiger partial charge in [0.1, 0.15) is 10.8 Å². The molecule has 1 aliphatic heterocycles. The summed E-state index contributed by atoms with van der Waals surface area (Å²) in [6, 6.07) is 25.6. The molecule has 0 aliphatic carbocycles. The molecule has 6 heteroatoms. The van der Waals surface area contributed by atoms with Crippen molar-refractivity contribution in [1.82, 2.24) is 9.97 Å². The zero-order valence-electron chi connectivity index (χ0n) is 18.5. The van der Waals surface area contributed by atoms with E-state index in [-0.39, 0.29) is 11.7 Å². The van der Waals surface area contributed by atoms with Crippen LogP contribution in [0, 0.1) is 6.92 Å². The number of rotatable bonds is 5. The highest BCUT2D eigenvalue weighted by atomic mass is 32.2. The highest BCUT2D eigenvalue weighted by Gasteiger charge is 2.26. The zero-order valence-corrected chi connectivity index (χ0v) is 19.3. The topological polar surface area (TPSA) is 55.3 Å². The molecule has 0 bridgehead atoms. The molecule has 5 nitrogen and oxygen atoms in total. The van der Waals surface area contributed by atoms with E-state index in [0.717, 1.165) is 38.7 Å². The van der Waals surface area contributed by atoms with Crippen LogP contribution in [0.1, 0.15) is 16.7 Å². The Hall–Kier alpha value is -3.64. The van der Waals surface area contributed by atoms with Gasteiger partial charge in [-0.25, -0.2) is 4.98 Å². The van der Waals surface area contributed by atoms with Crippen LogP contribution in [0.4, 0.5) is 5.69 Å². The number of aryl methyl sites for hydroxylation is 1. The molecular weight excluding hydrogens is 430 g/mol. The fraction of sp³-hybridized carbons (Fsp3) is 0.148. The lowest BCUT2D eigenvalue weighted by Gasteiger charge is -2.23. The Morgan fingerprint density at radius 3 is 2.45 bits per heavy atom. The first-order valence-corrected chi connectivity index (χ1v) is 11.8. The summed E-state index contributed by atoms with van der Waals surface area (Å²) in [6.45, 7) is 2.04. The average Bonchev–Trinajstić information content (AvgIpc) is 2.87. The Labute approximate surface area is 197 Å². The van der Waals surface area contributed by atoms with Gasteiger partial charge in [0.15, 0.2) is 5.82 Å². The molecule has 2 heterocycles. The van der Waals surface area contributed by atoms with Gasteiger partial charge in [0.25, 0.3) is 0 Å². The van der Waals surface area contributed by atoms with E-state index in [2.05, 4.69) is 6.07 Å². The lowest BCUT2D eigenvalue weighted by molar-refractivity contribution is -0.115. The summed E-state index contributed by atoms with van der Waals surface area (Å²) < 4.78 is 6.27. The van der Waals surface area contributed by atoms with E-state index in [1.807, 2.05) is 79.7 Å². The molecular formula is C27H23N3O2S. The summed E-state index contributed by atoms with van der Waals surface area (Å²) in [7, 11) is 1.80. The first kappa shape index (κ1) is 21.2. The second kappa shape index (κ2) is 9.08. The van der Waals surface area contributed by atoms with Crippen molar-refractivity contribution in [2.24, 2.45) is 0 Å². The van der Waals surface area contributed by atoms with Crippen molar-refractivity contribution in [1.29, 1.82) is 0 Å². The number of hydrogen-bond acceptors (Lipinski definition) is 5. The molecule has 0 fully saturated rings. The maximum atomic E-state index is 12.9. The molecule has 0 saturated heterocycles. The smallest absolute Gasteiger partial charge is 0.237 e. The zero-order chi connectivity index (χ0) is 22.8. The lowest BCUT2D eigenvalue weighted by Crippen LogP contribution is -2.28. The number of amides is 1. The van der Waals surface area contributed by atoms with Crippen molar-refractivity contribution in [2.75, 3.05) is 17.7 Å². The molecule has 5 rings (SSSR count). The summed E-state index contributed by atoms with van der Waals surface area (Å²) in [5.41, 5.74) is 4.88. The SMILES string of the molecule is Cc1cccc2c1Oc1nc(-c3ccccc3)nc(SCC(=O)N(C)c3ccccc3)c1C2. The number of hydrogen-bond donors (Lipinski definition) is 0. The minimum atomic E-state index is 0.00722. The molecule has 164 valence electrons. The molecule has 0 unspecified atom stereocenters. The number of ether oxygens (including phenoxy) is 1. The quantitative estimate of drug-likeness (QED) is 0.245. The van der Waals surface area contributed by atoms with Crippen LogP contribution in [0.15, 0.2) is 83.9 Å². The van der Waals surface area contributed by atoms with Crippen molar-refractivity contribution in [3.63, 3.8) is 0 Å². The fourth-order valence-corrected chi connectivity index (χ4v) is 4.76. The number of fused-ring (bicyclic) bond motifs is 2. The van der Waals surface area contributed by atoms with Gasteiger partial charge in [-0.2, -0.15) is 4.98 Å². The van der Waals surface area contributed by atoms with Crippen LogP contribution in [-0.2, 0) is 11.2 Å². The number of anilines is 1. The Kier molecular flexibility index (Phi) is 5.84. The van der Waals surface area contributed by atoms with Gasteiger partial charge in [-0.15, -0.1) is 0 Å². The molecule has 1 amide bonds. The summed E-state index contributed by atoms with van der Waals surface area (Å²) in [6.07, 6.45) is 0.673. The third kappa shape index (κ3) is 4.34. The maximum absolute atomic E-state index is 12.9. The minimum absolute atomic E-state index is 0.00722. The van der Waals surface area contributed by atoms with E-state index >= 15 is 0 Å². The van der Waals surface area contributed by atoms with Gasteiger partial charge in [0, 0.05) is 24.7 Å². The lowest BCUT2D eigenvalue weighted by atomic mass is 10.0. The Balaban J connectivity index is 1.48. The number of nitrogens with zero attached hydrogens (tertiary/aromatic N) is 3. The van der Waals surface area contributed by atoms with Gasteiger partial charge >= 0.3 is 0 Å². The van der Waals surface area contributed by atoms with Gasteiger partial charge in [-0.3, -0.25) is 4.79 Å². The van der Waals surface area contributed by atoms with Gasteiger partial charge < -0.3 is 9.64 Å². The van der Waals surface area contributed by atoms with E-state index in [4.69, 9.17) is 14.7 Å². The van der Waals surface area contributed by atoms with E-state index in [0.29, 0.717) is 18.1 Å². The standard InChI is InChI=1S/C27H23N3O2S/c1-18-10-9-13-20-16-22-26(32-24(18)20)28-25(19-11-5-3-6-12-19)29-27(22)33-17-23(31)30(2)21-14-7-4-8-15-21/h3-15H,16-17H2,1-2H3. The molecule has 0 radical (unpaired) electrons. The largest absolute Gasteiger partial charge is 0.438 e. The normalized spacial score (nSPS) is 11.8. The van der Waals surface area contributed by atoms with E-state index in [1.54, 1.807) is 11.9 Å². The van der Waals surface area contributed by atoms with E-state index in [9.17, 15) is 4.79 Å². The van der Waals surface area contributed by atoms with Crippen LogP contribution in [0.25, 0.3) is 11.4 Å².